The number of methoxy groups -OCH3 is 4. The lowest BCUT2D eigenvalue weighted by molar-refractivity contribution is 0.348. The van der Waals surface area contributed by atoms with Gasteiger partial charge >= 0.3 is 0 Å². The summed E-state index contributed by atoms with van der Waals surface area (Å²) < 4.78 is 26.7. The van der Waals surface area contributed by atoms with E-state index in [0.717, 1.165) is 0 Å². The van der Waals surface area contributed by atoms with Crippen molar-refractivity contribution in [3.05, 3.63) is 34.5 Å². The van der Waals surface area contributed by atoms with E-state index in [2.05, 4.69) is 0 Å². The number of phenols is 2. The van der Waals surface area contributed by atoms with Crippen LogP contribution >= 0.6 is 0 Å². The normalized spacial score (nSPS) is 10.7. The van der Waals surface area contributed by atoms with Gasteiger partial charge in [0.2, 0.25) is 16.9 Å². The SMILES string of the molecule is COc1cc(-c2oc3c(OC)c(OC)cc(O)c3c(=O)c2OC)ccc1O. The summed E-state index contributed by atoms with van der Waals surface area (Å²) in [5.41, 5.74) is -0.161. The molecule has 0 bridgehead atoms. The van der Waals surface area contributed by atoms with E-state index in [4.69, 9.17) is 23.4 Å². The van der Waals surface area contributed by atoms with Crippen LogP contribution in [0.3, 0.4) is 0 Å². The van der Waals surface area contributed by atoms with Gasteiger partial charge in [0.05, 0.1) is 28.4 Å². The van der Waals surface area contributed by atoms with Crippen molar-refractivity contribution in [3.8, 4) is 45.8 Å². The fourth-order valence-electron chi connectivity index (χ4n) is 2.82. The Morgan fingerprint density at radius 3 is 2.07 bits per heavy atom. The van der Waals surface area contributed by atoms with Crippen LogP contribution in [0.2, 0.25) is 0 Å². The van der Waals surface area contributed by atoms with Gasteiger partial charge in [-0.2, -0.15) is 0 Å². The third-order valence-corrected chi connectivity index (χ3v) is 4.09. The predicted molar refractivity (Wildman–Crippen MR) is 97.5 cm³/mol. The zero-order valence-electron chi connectivity index (χ0n) is 15.2. The van der Waals surface area contributed by atoms with Crippen LogP contribution in [0.4, 0.5) is 0 Å². The van der Waals surface area contributed by atoms with Crippen LogP contribution in [-0.2, 0) is 0 Å². The summed E-state index contributed by atoms with van der Waals surface area (Å²) >= 11 is 0. The minimum Gasteiger partial charge on any atom is -0.507 e. The van der Waals surface area contributed by atoms with Gasteiger partial charge in [-0.15, -0.1) is 0 Å². The van der Waals surface area contributed by atoms with E-state index in [9.17, 15) is 15.0 Å². The van der Waals surface area contributed by atoms with Crippen LogP contribution < -0.4 is 24.4 Å². The topological polar surface area (TPSA) is 108 Å². The first-order valence-electron chi connectivity index (χ1n) is 7.82. The summed E-state index contributed by atoms with van der Waals surface area (Å²) in [4.78, 5) is 12.9. The minimum absolute atomic E-state index is 0.00203. The summed E-state index contributed by atoms with van der Waals surface area (Å²) in [6.07, 6.45) is 0. The molecule has 2 aromatic carbocycles. The van der Waals surface area contributed by atoms with Crippen molar-refractivity contribution in [2.75, 3.05) is 28.4 Å². The maximum Gasteiger partial charge on any atom is 0.239 e. The van der Waals surface area contributed by atoms with Gasteiger partial charge in [0.25, 0.3) is 0 Å². The van der Waals surface area contributed by atoms with Crippen LogP contribution in [0, 0.1) is 0 Å². The van der Waals surface area contributed by atoms with Gasteiger partial charge in [0, 0.05) is 11.6 Å². The lowest BCUT2D eigenvalue weighted by atomic mass is 10.1. The van der Waals surface area contributed by atoms with Crippen LogP contribution in [0.1, 0.15) is 0 Å². The van der Waals surface area contributed by atoms with E-state index in [-0.39, 0.29) is 51.2 Å². The molecule has 3 rings (SSSR count). The molecule has 0 atom stereocenters. The number of fused-ring (bicyclic) bond motifs is 1. The molecule has 1 heterocycles. The fourth-order valence-corrected chi connectivity index (χ4v) is 2.82. The number of phenolic OH excluding ortho intramolecular Hbond substituents is 2. The van der Waals surface area contributed by atoms with Gasteiger partial charge in [-0.05, 0) is 18.2 Å². The summed E-state index contributed by atoms with van der Waals surface area (Å²) in [6, 6.07) is 5.70. The molecule has 0 aliphatic carbocycles. The molecule has 1 aromatic heterocycles. The second kappa shape index (κ2) is 6.99. The van der Waals surface area contributed by atoms with Crippen molar-refractivity contribution in [3.63, 3.8) is 0 Å². The molecule has 27 heavy (non-hydrogen) atoms. The van der Waals surface area contributed by atoms with Crippen molar-refractivity contribution in [2.24, 2.45) is 0 Å². The van der Waals surface area contributed by atoms with Crippen LogP contribution in [-0.4, -0.2) is 38.7 Å². The van der Waals surface area contributed by atoms with Crippen molar-refractivity contribution in [1.82, 2.24) is 0 Å². The molecule has 8 nitrogen and oxygen atoms in total. The number of benzene rings is 2. The van der Waals surface area contributed by atoms with E-state index >= 15 is 0 Å². The highest BCUT2D eigenvalue weighted by Crippen LogP contribution is 2.43. The van der Waals surface area contributed by atoms with Crippen LogP contribution in [0.25, 0.3) is 22.3 Å². The first kappa shape index (κ1) is 18.2. The number of ether oxygens (including phenoxy) is 4. The smallest absolute Gasteiger partial charge is 0.239 e. The Morgan fingerprint density at radius 1 is 0.815 bits per heavy atom. The third kappa shape index (κ3) is 2.84. The molecule has 142 valence electrons. The standard InChI is InChI=1S/C19H18O8/c1-23-12-7-9(5-6-10(12)20)16-19(26-4)15(22)14-11(21)8-13(24-2)17(25-3)18(14)27-16/h5-8,20-21H,1-4H3. The van der Waals surface area contributed by atoms with Crippen molar-refractivity contribution in [1.29, 1.82) is 0 Å². The van der Waals surface area contributed by atoms with Crippen molar-refractivity contribution < 1.29 is 33.6 Å². The number of hydrogen-bond donors (Lipinski definition) is 2. The Bertz CT molecular complexity index is 1070. The number of rotatable bonds is 5. The molecular formula is C19H18O8. The maximum atomic E-state index is 12.9. The quantitative estimate of drug-likeness (QED) is 0.702. The van der Waals surface area contributed by atoms with Gasteiger partial charge in [-0.1, -0.05) is 0 Å². The van der Waals surface area contributed by atoms with E-state index in [1.165, 1.54) is 52.7 Å². The van der Waals surface area contributed by atoms with Gasteiger partial charge in [0.15, 0.2) is 28.6 Å². The van der Waals surface area contributed by atoms with E-state index in [1.807, 2.05) is 0 Å². The van der Waals surface area contributed by atoms with Gasteiger partial charge < -0.3 is 33.6 Å². The summed E-state index contributed by atoms with van der Waals surface area (Å²) in [5.74, 6) is 0.113. The lowest BCUT2D eigenvalue weighted by Crippen LogP contribution is -2.09. The zero-order valence-corrected chi connectivity index (χ0v) is 15.2. The maximum absolute atomic E-state index is 12.9. The molecule has 2 N–H and O–H groups in total. The van der Waals surface area contributed by atoms with E-state index in [1.54, 1.807) is 0 Å². The molecule has 0 spiro atoms. The molecular weight excluding hydrogens is 356 g/mol. The lowest BCUT2D eigenvalue weighted by Gasteiger charge is -2.14. The summed E-state index contributed by atoms with van der Waals surface area (Å²) in [6.45, 7) is 0. The minimum atomic E-state index is -0.584. The molecule has 0 amide bonds. The Labute approximate surface area is 154 Å². The predicted octanol–water partition coefficient (Wildman–Crippen LogP) is 2.91. The molecule has 0 unspecified atom stereocenters. The van der Waals surface area contributed by atoms with Gasteiger partial charge in [-0.25, -0.2) is 0 Å². The zero-order chi connectivity index (χ0) is 19.7. The second-order valence-corrected chi connectivity index (χ2v) is 5.52. The number of hydrogen-bond acceptors (Lipinski definition) is 8. The fraction of sp³-hybridized carbons (Fsp3) is 0.211. The average molecular weight is 374 g/mol. The van der Waals surface area contributed by atoms with Crippen molar-refractivity contribution >= 4 is 11.0 Å². The Balaban J connectivity index is 2.45. The molecule has 0 aliphatic rings. The van der Waals surface area contributed by atoms with Gasteiger partial charge in [0.1, 0.15) is 11.1 Å². The molecule has 0 saturated carbocycles. The first-order valence-corrected chi connectivity index (χ1v) is 7.82. The summed E-state index contributed by atoms with van der Waals surface area (Å²) in [5, 5.41) is 20.0. The first-order chi connectivity index (χ1) is 13.0. The molecule has 0 fully saturated rings. The van der Waals surface area contributed by atoms with Gasteiger partial charge in [-0.3, -0.25) is 4.79 Å². The highest BCUT2D eigenvalue weighted by Gasteiger charge is 2.25. The highest BCUT2D eigenvalue weighted by atomic mass is 16.5. The van der Waals surface area contributed by atoms with E-state index in [0.29, 0.717) is 5.56 Å². The molecule has 3 aromatic rings. The Kier molecular flexibility index (Phi) is 4.72. The third-order valence-electron chi connectivity index (χ3n) is 4.09. The van der Waals surface area contributed by atoms with E-state index < -0.39 is 5.43 Å². The average Bonchev–Trinajstić information content (AvgIpc) is 2.67. The largest absolute Gasteiger partial charge is 0.507 e. The molecule has 0 aliphatic heterocycles. The number of aromatic hydroxyl groups is 2. The molecule has 8 heteroatoms. The van der Waals surface area contributed by atoms with Crippen LogP contribution in [0.15, 0.2) is 33.5 Å². The molecule has 0 radical (unpaired) electrons. The van der Waals surface area contributed by atoms with Crippen LogP contribution in [0.5, 0.6) is 34.5 Å². The Morgan fingerprint density at radius 2 is 1.48 bits per heavy atom. The summed E-state index contributed by atoms with van der Waals surface area (Å²) in [7, 11) is 5.51. The molecule has 0 saturated heterocycles. The monoisotopic (exact) mass is 374 g/mol. The van der Waals surface area contributed by atoms with Crippen molar-refractivity contribution in [2.45, 2.75) is 0 Å². The Hall–Kier alpha value is -3.55. The second-order valence-electron chi connectivity index (χ2n) is 5.52. The highest BCUT2D eigenvalue weighted by molar-refractivity contribution is 5.93.